The summed E-state index contributed by atoms with van der Waals surface area (Å²) in [5.41, 5.74) is 1.94. The van der Waals surface area contributed by atoms with E-state index in [9.17, 15) is 9.18 Å². The number of carbonyl (C=O) groups is 1. The molecule has 1 amide bonds. The molecule has 1 heterocycles. The van der Waals surface area contributed by atoms with Gasteiger partial charge in [-0.1, -0.05) is 12.1 Å². The second-order valence-corrected chi connectivity index (χ2v) is 6.94. The summed E-state index contributed by atoms with van der Waals surface area (Å²) in [6, 6.07) is 14.0. The number of thioether (sulfide) groups is 1. The smallest absolute Gasteiger partial charge is 0.221 e. The molecule has 0 radical (unpaired) electrons. The van der Waals surface area contributed by atoms with Gasteiger partial charge in [0.2, 0.25) is 5.91 Å². The second kappa shape index (κ2) is 8.62. The van der Waals surface area contributed by atoms with E-state index in [1.807, 2.05) is 31.2 Å². The van der Waals surface area contributed by atoms with Gasteiger partial charge in [0, 0.05) is 17.1 Å². The average Bonchev–Trinajstić information content (AvgIpc) is 3.18. The molecule has 0 saturated heterocycles. The Morgan fingerprint density at radius 2 is 1.92 bits per heavy atom. The average molecular weight is 370 g/mol. The summed E-state index contributed by atoms with van der Waals surface area (Å²) in [6.07, 6.45) is 3.53. The molecule has 2 aromatic carbocycles. The van der Waals surface area contributed by atoms with Crippen molar-refractivity contribution >= 4 is 17.7 Å². The van der Waals surface area contributed by atoms with Crippen molar-refractivity contribution in [3.8, 4) is 5.69 Å². The molecule has 0 aliphatic rings. The van der Waals surface area contributed by atoms with E-state index < -0.39 is 0 Å². The number of carbonyl (C=O) groups excluding carboxylic acids is 1. The van der Waals surface area contributed by atoms with Gasteiger partial charge in [0.25, 0.3) is 0 Å². The number of aromatic nitrogens is 3. The van der Waals surface area contributed by atoms with E-state index in [1.54, 1.807) is 23.1 Å². The highest BCUT2D eigenvalue weighted by Gasteiger charge is 2.10. The van der Waals surface area contributed by atoms with Crippen LogP contribution in [-0.2, 0) is 4.79 Å². The van der Waals surface area contributed by atoms with Gasteiger partial charge in [0.1, 0.15) is 18.5 Å². The van der Waals surface area contributed by atoms with Crippen molar-refractivity contribution in [2.75, 3.05) is 5.75 Å². The summed E-state index contributed by atoms with van der Waals surface area (Å²) >= 11 is 1.54. The van der Waals surface area contributed by atoms with Gasteiger partial charge in [-0.2, -0.15) is 5.10 Å². The number of nitrogens with zero attached hydrogens (tertiary/aromatic N) is 3. The van der Waals surface area contributed by atoms with Crippen molar-refractivity contribution in [1.82, 2.24) is 20.1 Å². The van der Waals surface area contributed by atoms with Gasteiger partial charge in [-0.25, -0.2) is 14.1 Å². The monoisotopic (exact) mass is 370 g/mol. The SMILES string of the molecule is CC(NC(=O)CCSc1ccc(F)cc1)c1ccc(-n2cncn2)cc1. The fraction of sp³-hybridized carbons (Fsp3) is 0.211. The number of nitrogens with one attached hydrogen (secondary N) is 1. The molecule has 134 valence electrons. The summed E-state index contributed by atoms with van der Waals surface area (Å²) in [5.74, 6) is 0.387. The van der Waals surface area contributed by atoms with Crippen LogP contribution < -0.4 is 5.32 Å². The highest BCUT2D eigenvalue weighted by atomic mass is 32.2. The normalized spacial score (nSPS) is 11.9. The van der Waals surface area contributed by atoms with Gasteiger partial charge >= 0.3 is 0 Å². The van der Waals surface area contributed by atoms with Gasteiger partial charge in [-0.15, -0.1) is 11.8 Å². The molecule has 0 fully saturated rings. The zero-order valence-corrected chi connectivity index (χ0v) is 15.1. The molecule has 26 heavy (non-hydrogen) atoms. The molecule has 7 heteroatoms. The third kappa shape index (κ3) is 4.92. The molecular weight excluding hydrogens is 351 g/mol. The predicted octanol–water partition coefficient (Wildman–Crippen LogP) is 3.77. The lowest BCUT2D eigenvalue weighted by atomic mass is 10.1. The number of benzene rings is 2. The fourth-order valence-corrected chi connectivity index (χ4v) is 3.30. The van der Waals surface area contributed by atoms with Crippen LogP contribution in [0, 0.1) is 5.82 Å². The molecular formula is C19H19FN4OS. The minimum absolute atomic E-state index is 0.00698. The molecule has 0 bridgehead atoms. The van der Waals surface area contributed by atoms with Crippen LogP contribution in [0.4, 0.5) is 4.39 Å². The third-order valence-corrected chi connectivity index (χ3v) is 4.88. The summed E-state index contributed by atoms with van der Waals surface area (Å²) in [4.78, 5) is 17.0. The van der Waals surface area contributed by atoms with E-state index in [-0.39, 0.29) is 17.8 Å². The zero-order chi connectivity index (χ0) is 18.4. The summed E-state index contributed by atoms with van der Waals surface area (Å²) in [5, 5.41) is 7.08. The Bertz CT molecular complexity index is 835. The first kappa shape index (κ1) is 18.1. The fourth-order valence-electron chi connectivity index (χ4n) is 2.45. The number of halogens is 1. The number of rotatable bonds is 7. The Labute approximate surface area is 155 Å². The van der Waals surface area contributed by atoms with Crippen molar-refractivity contribution < 1.29 is 9.18 Å². The lowest BCUT2D eigenvalue weighted by Crippen LogP contribution is -2.26. The maximum absolute atomic E-state index is 12.9. The van der Waals surface area contributed by atoms with Gasteiger partial charge in [-0.3, -0.25) is 4.79 Å². The van der Waals surface area contributed by atoms with E-state index in [2.05, 4.69) is 15.4 Å². The molecule has 5 nitrogen and oxygen atoms in total. The van der Waals surface area contributed by atoms with Crippen molar-refractivity contribution in [1.29, 1.82) is 0 Å². The minimum atomic E-state index is -0.254. The Hall–Kier alpha value is -2.67. The van der Waals surface area contributed by atoms with Gasteiger partial charge in [0.15, 0.2) is 0 Å². The molecule has 0 aliphatic carbocycles. The molecule has 1 atom stereocenters. The summed E-state index contributed by atoms with van der Waals surface area (Å²) in [7, 11) is 0. The van der Waals surface area contributed by atoms with Crippen molar-refractivity contribution in [2.24, 2.45) is 0 Å². The molecule has 3 aromatic rings. The number of hydrogen-bond donors (Lipinski definition) is 1. The topological polar surface area (TPSA) is 59.8 Å². The molecule has 1 N–H and O–H groups in total. The quantitative estimate of drug-likeness (QED) is 0.643. The van der Waals surface area contributed by atoms with Crippen LogP contribution in [0.15, 0.2) is 66.1 Å². The Morgan fingerprint density at radius 1 is 1.19 bits per heavy atom. The molecule has 0 saturated carbocycles. The van der Waals surface area contributed by atoms with E-state index in [0.29, 0.717) is 12.2 Å². The van der Waals surface area contributed by atoms with Crippen molar-refractivity contribution in [2.45, 2.75) is 24.3 Å². The van der Waals surface area contributed by atoms with Crippen LogP contribution in [0.2, 0.25) is 0 Å². The van der Waals surface area contributed by atoms with Crippen LogP contribution >= 0.6 is 11.8 Å². The van der Waals surface area contributed by atoms with Crippen LogP contribution in [0.25, 0.3) is 5.69 Å². The lowest BCUT2D eigenvalue weighted by Gasteiger charge is -2.15. The number of amides is 1. The minimum Gasteiger partial charge on any atom is -0.350 e. The number of hydrogen-bond acceptors (Lipinski definition) is 4. The van der Waals surface area contributed by atoms with E-state index >= 15 is 0 Å². The standard InChI is InChI=1S/C19H19FN4OS/c1-14(15-2-6-17(7-3-15)24-13-21-12-22-24)23-19(25)10-11-26-18-8-4-16(20)5-9-18/h2-9,12-14H,10-11H2,1H3,(H,23,25). The first-order valence-electron chi connectivity index (χ1n) is 8.24. The first-order valence-corrected chi connectivity index (χ1v) is 9.23. The van der Waals surface area contributed by atoms with E-state index in [0.717, 1.165) is 16.1 Å². The predicted molar refractivity (Wildman–Crippen MR) is 99.7 cm³/mol. The lowest BCUT2D eigenvalue weighted by molar-refractivity contribution is -0.121. The summed E-state index contributed by atoms with van der Waals surface area (Å²) < 4.78 is 14.5. The second-order valence-electron chi connectivity index (χ2n) is 5.77. The first-order chi connectivity index (χ1) is 12.6. The van der Waals surface area contributed by atoms with Gasteiger partial charge in [0.05, 0.1) is 11.7 Å². The maximum atomic E-state index is 12.9. The van der Waals surface area contributed by atoms with E-state index in [4.69, 9.17) is 0 Å². The van der Waals surface area contributed by atoms with E-state index in [1.165, 1.54) is 30.2 Å². The highest BCUT2D eigenvalue weighted by Crippen LogP contribution is 2.19. The van der Waals surface area contributed by atoms with Crippen LogP contribution in [-0.4, -0.2) is 26.4 Å². The van der Waals surface area contributed by atoms with Gasteiger partial charge < -0.3 is 5.32 Å². The molecule has 3 rings (SSSR count). The van der Waals surface area contributed by atoms with Crippen LogP contribution in [0.1, 0.15) is 24.9 Å². The van der Waals surface area contributed by atoms with Crippen molar-refractivity contribution in [3.05, 3.63) is 72.6 Å². The highest BCUT2D eigenvalue weighted by molar-refractivity contribution is 7.99. The molecule has 1 aromatic heterocycles. The maximum Gasteiger partial charge on any atom is 0.221 e. The van der Waals surface area contributed by atoms with Crippen LogP contribution in [0.3, 0.4) is 0 Å². The molecule has 0 aliphatic heterocycles. The molecule has 0 spiro atoms. The third-order valence-electron chi connectivity index (χ3n) is 3.87. The Kier molecular flexibility index (Phi) is 6.01. The molecule has 1 unspecified atom stereocenters. The summed E-state index contributed by atoms with van der Waals surface area (Å²) in [6.45, 7) is 1.95. The Balaban J connectivity index is 1.47. The Morgan fingerprint density at radius 3 is 2.58 bits per heavy atom. The largest absolute Gasteiger partial charge is 0.350 e. The van der Waals surface area contributed by atoms with Gasteiger partial charge in [-0.05, 0) is 48.9 Å². The van der Waals surface area contributed by atoms with Crippen LogP contribution in [0.5, 0.6) is 0 Å². The van der Waals surface area contributed by atoms with Crippen molar-refractivity contribution in [3.63, 3.8) is 0 Å². The zero-order valence-electron chi connectivity index (χ0n) is 14.3.